The summed E-state index contributed by atoms with van der Waals surface area (Å²) in [6, 6.07) is 16.2. The van der Waals surface area contributed by atoms with E-state index in [0.29, 0.717) is 17.2 Å². The van der Waals surface area contributed by atoms with Gasteiger partial charge in [-0.05, 0) is 85.8 Å². The molecule has 0 N–H and O–H groups in total. The van der Waals surface area contributed by atoms with E-state index in [9.17, 15) is 4.79 Å². The second-order valence-electron chi connectivity index (χ2n) is 10.7. The van der Waals surface area contributed by atoms with Crippen LogP contribution in [0.25, 0.3) is 0 Å². The molecule has 192 valence electrons. The van der Waals surface area contributed by atoms with Crippen molar-refractivity contribution in [3.8, 4) is 5.75 Å². The maximum absolute atomic E-state index is 12.6. The van der Waals surface area contributed by atoms with Crippen molar-refractivity contribution < 1.29 is 9.53 Å². The molecule has 0 atom stereocenters. The number of carbonyl (C=O) groups excluding carboxylic acids is 1. The van der Waals surface area contributed by atoms with Gasteiger partial charge in [-0.25, -0.2) is 4.79 Å². The first kappa shape index (κ1) is 27.5. The Hall–Kier alpha value is -2.09. The molecule has 1 aliphatic rings. The highest BCUT2D eigenvalue weighted by molar-refractivity contribution is 5.91. The quantitative estimate of drug-likeness (QED) is 0.145. The van der Waals surface area contributed by atoms with Crippen molar-refractivity contribution >= 4 is 5.97 Å². The van der Waals surface area contributed by atoms with E-state index in [0.717, 1.165) is 12.3 Å². The van der Waals surface area contributed by atoms with Crippen molar-refractivity contribution in [1.82, 2.24) is 0 Å². The molecule has 0 aromatic heterocycles. The lowest BCUT2D eigenvalue weighted by Gasteiger charge is -2.29. The average molecular weight is 477 g/mol. The van der Waals surface area contributed by atoms with Crippen molar-refractivity contribution in [1.29, 1.82) is 0 Å². The molecule has 0 spiro atoms. The van der Waals surface area contributed by atoms with E-state index >= 15 is 0 Å². The van der Waals surface area contributed by atoms with Gasteiger partial charge in [-0.15, -0.1) is 0 Å². The molecule has 0 saturated heterocycles. The van der Waals surface area contributed by atoms with Crippen LogP contribution in [0.3, 0.4) is 0 Å². The highest BCUT2D eigenvalue weighted by Crippen LogP contribution is 2.38. The van der Waals surface area contributed by atoms with Gasteiger partial charge in [0.2, 0.25) is 0 Å². The van der Waals surface area contributed by atoms with Gasteiger partial charge in [0.1, 0.15) is 5.75 Å². The summed E-state index contributed by atoms with van der Waals surface area (Å²) in [6.45, 7) is 4.52. The van der Waals surface area contributed by atoms with Crippen LogP contribution in [0.5, 0.6) is 5.75 Å². The molecular weight excluding hydrogens is 428 g/mol. The van der Waals surface area contributed by atoms with E-state index in [2.05, 4.69) is 38.1 Å². The molecule has 0 bridgehead atoms. The molecule has 3 rings (SSSR count). The van der Waals surface area contributed by atoms with Crippen molar-refractivity contribution in [3.63, 3.8) is 0 Å². The second kappa shape index (κ2) is 15.8. The standard InChI is InChI=1S/C33H48O2/c1-3-5-7-9-10-12-14-27-15-19-29(20-16-27)30-23-25-32(26-24-30)35-33(34)31-21-17-28(18-22-31)13-11-8-6-4-2/h17-18,21-27,29H,3-16,19-20H2,1-2H3. The molecule has 0 unspecified atom stereocenters. The van der Waals surface area contributed by atoms with Crippen LogP contribution in [0.4, 0.5) is 0 Å². The van der Waals surface area contributed by atoms with Crippen LogP contribution in [0, 0.1) is 5.92 Å². The maximum atomic E-state index is 12.6. The number of aryl methyl sites for hydroxylation is 1. The molecule has 2 nitrogen and oxygen atoms in total. The smallest absolute Gasteiger partial charge is 0.343 e. The van der Waals surface area contributed by atoms with Crippen molar-refractivity contribution in [3.05, 3.63) is 65.2 Å². The molecule has 0 aliphatic heterocycles. The highest BCUT2D eigenvalue weighted by Gasteiger charge is 2.22. The van der Waals surface area contributed by atoms with E-state index in [4.69, 9.17) is 4.74 Å². The zero-order valence-electron chi connectivity index (χ0n) is 22.4. The summed E-state index contributed by atoms with van der Waals surface area (Å²) < 4.78 is 5.65. The number of ether oxygens (including phenoxy) is 1. The Kier molecular flexibility index (Phi) is 12.4. The SMILES string of the molecule is CCCCCCCCC1CCC(c2ccc(OC(=O)c3ccc(CCCCCC)cc3)cc2)CC1. The lowest BCUT2D eigenvalue weighted by molar-refractivity contribution is 0.0734. The molecule has 2 aromatic rings. The van der Waals surface area contributed by atoms with Crippen molar-refractivity contribution in [2.75, 3.05) is 0 Å². The minimum absolute atomic E-state index is 0.273. The van der Waals surface area contributed by atoms with Crippen molar-refractivity contribution in [2.45, 2.75) is 122 Å². The number of hydrogen-bond acceptors (Lipinski definition) is 2. The van der Waals surface area contributed by atoms with Crippen LogP contribution in [-0.4, -0.2) is 5.97 Å². The largest absolute Gasteiger partial charge is 0.423 e. The van der Waals surface area contributed by atoms with Gasteiger partial charge in [0.15, 0.2) is 0 Å². The Morgan fingerprint density at radius 2 is 1.31 bits per heavy atom. The van der Waals surface area contributed by atoms with E-state index in [-0.39, 0.29) is 5.97 Å². The van der Waals surface area contributed by atoms with Gasteiger partial charge in [0.25, 0.3) is 0 Å². The second-order valence-corrected chi connectivity index (χ2v) is 10.7. The Morgan fingerprint density at radius 1 is 0.714 bits per heavy atom. The summed E-state index contributed by atoms with van der Waals surface area (Å²) in [6.07, 6.45) is 21.3. The summed E-state index contributed by atoms with van der Waals surface area (Å²) in [5, 5.41) is 0. The average Bonchev–Trinajstić information content (AvgIpc) is 2.90. The number of benzene rings is 2. The summed E-state index contributed by atoms with van der Waals surface area (Å²) in [5.41, 5.74) is 3.31. The third-order valence-corrected chi connectivity index (χ3v) is 7.88. The Morgan fingerprint density at radius 3 is 1.97 bits per heavy atom. The van der Waals surface area contributed by atoms with Gasteiger partial charge in [0.05, 0.1) is 5.56 Å². The highest BCUT2D eigenvalue weighted by atomic mass is 16.5. The van der Waals surface area contributed by atoms with E-state index < -0.39 is 0 Å². The topological polar surface area (TPSA) is 26.3 Å². The van der Waals surface area contributed by atoms with Crippen LogP contribution >= 0.6 is 0 Å². The number of rotatable bonds is 15. The third kappa shape index (κ3) is 9.82. The maximum Gasteiger partial charge on any atom is 0.343 e. The molecule has 2 heteroatoms. The zero-order valence-corrected chi connectivity index (χ0v) is 22.4. The van der Waals surface area contributed by atoms with E-state index in [1.165, 1.54) is 107 Å². The van der Waals surface area contributed by atoms with Crippen LogP contribution in [0.2, 0.25) is 0 Å². The molecule has 35 heavy (non-hydrogen) atoms. The van der Waals surface area contributed by atoms with Gasteiger partial charge in [-0.1, -0.05) is 102 Å². The van der Waals surface area contributed by atoms with Gasteiger partial charge >= 0.3 is 5.97 Å². The van der Waals surface area contributed by atoms with Crippen LogP contribution < -0.4 is 4.74 Å². The summed E-state index contributed by atoms with van der Waals surface area (Å²) >= 11 is 0. The number of unbranched alkanes of at least 4 members (excludes halogenated alkanes) is 8. The molecule has 1 fully saturated rings. The predicted octanol–water partition coefficient (Wildman–Crippen LogP) is 10.1. The monoisotopic (exact) mass is 476 g/mol. The van der Waals surface area contributed by atoms with Crippen LogP contribution in [0.1, 0.15) is 138 Å². The molecule has 1 saturated carbocycles. The molecule has 0 heterocycles. The van der Waals surface area contributed by atoms with Crippen molar-refractivity contribution in [2.24, 2.45) is 5.92 Å². The van der Waals surface area contributed by atoms with Crippen LogP contribution in [0.15, 0.2) is 48.5 Å². The van der Waals surface area contributed by atoms with E-state index in [1.807, 2.05) is 24.3 Å². The Bertz CT molecular complexity index is 828. The molecule has 1 aliphatic carbocycles. The fourth-order valence-corrected chi connectivity index (χ4v) is 5.54. The zero-order chi connectivity index (χ0) is 24.7. The normalized spacial score (nSPS) is 17.9. The van der Waals surface area contributed by atoms with Gasteiger partial charge in [-0.3, -0.25) is 0 Å². The van der Waals surface area contributed by atoms with Gasteiger partial charge in [0, 0.05) is 0 Å². The fourth-order valence-electron chi connectivity index (χ4n) is 5.54. The third-order valence-electron chi connectivity index (χ3n) is 7.88. The van der Waals surface area contributed by atoms with Gasteiger partial charge in [-0.2, -0.15) is 0 Å². The molecule has 0 amide bonds. The summed E-state index contributed by atoms with van der Waals surface area (Å²) in [5.74, 6) is 1.95. The van der Waals surface area contributed by atoms with Crippen LogP contribution in [-0.2, 0) is 6.42 Å². The number of esters is 1. The van der Waals surface area contributed by atoms with E-state index in [1.54, 1.807) is 0 Å². The minimum atomic E-state index is -0.273. The minimum Gasteiger partial charge on any atom is -0.423 e. The Labute approximate surface area is 214 Å². The Balaban J connectivity index is 1.38. The number of hydrogen-bond donors (Lipinski definition) is 0. The fraction of sp³-hybridized carbons (Fsp3) is 0.606. The molecule has 0 radical (unpaired) electrons. The first-order chi connectivity index (χ1) is 17.2. The predicted molar refractivity (Wildman–Crippen MR) is 148 cm³/mol. The lowest BCUT2D eigenvalue weighted by Crippen LogP contribution is -2.13. The molecule has 2 aromatic carbocycles. The number of carbonyl (C=O) groups is 1. The first-order valence-electron chi connectivity index (χ1n) is 14.6. The first-order valence-corrected chi connectivity index (χ1v) is 14.6. The summed E-state index contributed by atoms with van der Waals surface area (Å²) in [7, 11) is 0. The molecular formula is C33H48O2. The summed E-state index contributed by atoms with van der Waals surface area (Å²) in [4.78, 5) is 12.6. The lowest BCUT2D eigenvalue weighted by atomic mass is 9.77. The van der Waals surface area contributed by atoms with Gasteiger partial charge < -0.3 is 4.74 Å².